The molecule has 13 N–H and O–H groups in total. The van der Waals surface area contributed by atoms with Gasteiger partial charge in [0.15, 0.2) is 11.6 Å². The average molecular weight is 1760 g/mol. The van der Waals surface area contributed by atoms with Crippen LogP contribution in [0.2, 0.25) is 0 Å². The molecular formula is C88H152N15O19S-. The summed E-state index contributed by atoms with van der Waals surface area (Å²) in [6, 6.07) is 19.9. The van der Waals surface area contributed by atoms with E-state index in [4.69, 9.17) is 5.11 Å². The second kappa shape index (κ2) is 58.9. The molecule has 0 bridgehead atoms. The number of carbonyl (C=O) groups excluding carboxylic acids is 6. The first-order valence-electron chi connectivity index (χ1n) is 43.8. The number of β-amino-alcohol motifs (C(OH)–C–C–N with tert-alkyl or cyclic N) is 8. The van der Waals surface area contributed by atoms with Gasteiger partial charge in [-0.2, -0.15) is 0 Å². The maximum atomic E-state index is 12.5. The molecule has 11 atom stereocenters. The highest BCUT2D eigenvalue weighted by Gasteiger charge is 2.27. The van der Waals surface area contributed by atoms with E-state index in [1.54, 1.807) is 77.9 Å². The van der Waals surface area contributed by atoms with Crippen LogP contribution < -0.4 is 16.0 Å². The van der Waals surface area contributed by atoms with E-state index in [2.05, 4.69) is 80.6 Å². The molecule has 700 valence electrons. The van der Waals surface area contributed by atoms with E-state index >= 15 is 0 Å². The molecule has 0 saturated carbocycles. The highest BCUT2D eigenvalue weighted by molar-refractivity contribution is 7.95. The molecule has 3 aromatic rings. The van der Waals surface area contributed by atoms with Crippen LogP contribution in [0.3, 0.4) is 0 Å². The number of Topliss-reactive ketones (excluding diaryl/α,β-unsaturated/α-hetero) is 3. The van der Waals surface area contributed by atoms with Crippen LogP contribution in [0.4, 0.5) is 0 Å². The van der Waals surface area contributed by atoms with Crippen LogP contribution in [0.25, 0.3) is 0 Å². The Morgan fingerprint density at radius 2 is 0.585 bits per heavy atom. The quantitative estimate of drug-likeness (QED) is 0.0296. The summed E-state index contributed by atoms with van der Waals surface area (Å²) in [5.74, 6) is 0.251. The number of aliphatic hydroxyl groups is 9. The van der Waals surface area contributed by atoms with Crippen LogP contribution in [-0.2, 0) is 48.6 Å². The summed E-state index contributed by atoms with van der Waals surface area (Å²) in [7, 11) is -3.17. The summed E-state index contributed by atoms with van der Waals surface area (Å²) in [5, 5.41) is 104. The monoisotopic (exact) mass is 1760 g/mol. The van der Waals surface area contributed by atoms with E-state index in [-0.39, 0.29) is 60.1 Å². The lowest BCUT2D eigenvalue weighted by molar-refractivity contribution is -0.139. The molecule has 4 saturated heterocycles. The van der Waals surface area contributed by atoms with Crippen molar-refractivity contribution in [2.75, 3.05) is 235 Å². The number of carboxylic acid groups (broad SMARTS) is 1. The standard InChI is InChI=1S/C25H40N4O6.C24H40N4O5.C23H38N4O4.C16H35N3O4S/c1-18(30)15-27-8-9-28(16-19(2)31)11-13-29(12-10-27)17-21-4-6-22(7-5-21)25(35)26-23(20(3)32)14-24(33)34;1-18(30)14-26-8-9-27(15-19(2)31)11-13-28(12-10-26)16-21-4-6-22(7-5-21)24(33)25-23(17-29)20(3)32;1-18(28)14-24-23(31)22-6-4-21(5-7-22)17-27-12-10-25(15-19(2)29)8-9-26(11-13-27)16-20(3)30;1-15(20)13-18-8-6-17(5-4-12-24(3,22)23)7-9-19(11-10-18)14-16(2)21/h4-7,18-19,23,30-31H,8-17H2,1-3H3,(H,26,35)(H,33,34);4-7,18-19,23,29-31H,8-17H2,1-3H3,(H,25,33);4-7,19-20,29-30H,8-17H2,1-3H3,(H,24,31);15-16,20-21H,3-14H2,1-2H3,(H,22,23)/p-1/t2*18-,19-,23?;19-,20-;15-,16-/m0000/s1. The fourth-order valence-corrected chi connectivity index (χ4v) is 15.6. The van der Waals surface area contributed by atoms with Crippen LogP contribution in [0.5, 0.6) is 0 Å². The van der Waals surface area contributed by atoms with E-state index in [9.17, 15) is 88.3 Å². The molecule has 7 rings (SSSR count). The van der Waals surface area contributed by atoms with Gasteiger partial charge in [-0.1, -0.05) is 52.1 Å². The Morgan fingerprint density at radius 1 is 0.366 bits per heavy atom. The Balaban J connectivity index is 0.000000347. The van der Waals surface area contributed by atoms with Crippen molar-refractivity contribution in [2.24, 2.45) is 0 Å². The largest absolute Gasteiger partial charge is 0.778 e. The number of carbonyl (C=O) groups is 7. The van der Waals surface area contributed by atoms with Gasteiger partial charge in [0.1, 0.15) is 11.8 Å². The third-order valence-electron chi connectivity index (χ3n) is 21.4. The van der Waals surface area contributed by atoms with E-state index < -0.39 is 77.0 Å². The van der Waals surface area contributed by atoms with Gasteiger partial charge in [0.2, 0.25) is 0 Å². The van der Waals surface area contributed by atoms with Crippen molar-refractivity contribution in [3.63, 3.8) is 0 Å². The molecule has 34 nitrogen and oxygen atoms in total. The van der Waals surface area contributed by atoms with E-state index in [0.717, 1.165) is 193 Å². The van der Waals surface area contributed by atoms with Crippen LogP contribution in [0, 0.1) is 0 Å². The van der Waals surface area contributed by atoms with Crippen molar-refractivity contribution in [3.8, 4) is 0 Å². The summed E-state index contributed by atoms with van der Waals surface area (Å²) in [4.78, 5) is 109. The number of nitrogens with one attached hydrogen (secondary N) is 3. The van der Waals surface area contributed by atoms with Crippen LogP contribution in [0.15, 0.2) is 72.8 Å². The molecule has 3 aromatic carbocycles. The van der Waals surface area contributed by atoms with Gasteiger partial charge < -0.3 is 76.5 Å². The number of rotatable bonds is 38. The molecule has 0 aromatic heterocycles. The van der Waals surface area contributed by atoms with Crippen LogP contribution >= 0.6 is 0 Å². The van der Waals surface area contributed by atoms with Crippen molar-refractivity contribution in [1.82, 2.24) is 74.7 Å². The highest BCUT2D eigenvalue weighted by atomic mass is 32.2. The molecule has 3 unspecified atom stereocenters. The summed E-state index contributed by atoms with van der Waals surface area (Å²) in [6.07, 6.45) is -2.97. The molecule has 4 aliphatic heterocycles. The number of aliphatic hydroxyl groups excluding tert-OH is 9. The number of aliphatic carboxylic acids is 1. The van der Waals surface area contributed by atoms with Gasteiger partial charge in [0.05, 0.1) is 74.4 Å². The first-order chi connectivity index (χ1) is 58.1. The Hall–Kier alpha value is -6.31. The minimum atomic E-state index is -3.17. The predicted molar refractivity (Wildman–Crippen MR) is 478 cm³/mol. The van der Waals surface area contributed by atoms with Gasteiger partial charge in [-0.3, -0.25) is 91.7 Å². The molecule has 4 fully saturated rings. The lowest BCUT2D eigenvalue weighted by Gasteiger charge is -2.27. The summed E-state index contributed by atoms with van der Waals surface area (Å²) >= 11 is 0. The second-order valence-corrected chi connectivity index (χ2v) is 36.1. The maximum absolute atomic E-state index is 12.5. The smallest absolute Gasteiger partial charge is 0.305 e. The van der Waals surface area contributed by atoms with Crippen molar-refractivity contribution >= 4 is 56.7 Å². The Kier molecular flexibility index (Phi) is 52.2. The van der Waals surface area contributed by atoms with Gasteiger partial charge >= 0.3 is 5.97 Å². The van der Waals surface area contributed by atoms with Gasteiger partial charge in [-0.15, -0.1) is 0 Å². The Labute approximate surface area is 731 Å². The van der Waals surface area contributed by atoms with Gasteiger partial charge in [0, 0.05) is 252 Å². The number of nitrogens with zero attached hydrogens (tertiary/aromatic N) is 12. The van der Waals surface area contributed by atoms with Gasteiger partial charge in [0.25, 0.3) is 17.7 Å². The second-order valence-electron chi connectivity index (χ2n) is 34.2. The minimum Gasteiger partial charge on any atom is -0.778 e. The van der Waals surface area contributed by atoms with Gasteiger partial charge in [-0.25, -0.2) is 0 Å². The van der Waals surface area contributed by atoms with Crippen molar-refractivity contribution in [1.29, 1.82) is 0 Å². The fourth-order valence-electron chi connectivity index (χ4n) is 15.0. The lowest BCUT2D eigenvalue weighted by atomic mass is 10.1. The number of ketones is 3. The third-order valence-corrected chi connectivity index (χ3v) is 22.3. The first kappa shape index (κ1) is 109. The molecule has 4 heterocycles. The number of hydrogen-bond donors (Lipinski definition) is 13. The molecule has 123 heavy (non-hydrogen) atoms. The van der Waals surface area contributed by atoms with Crippen LogP contribution in [-0.4, -0.2) is 461 Å². The molecule has 0 aliphatic carbocycles. The minimum absolute atomic E-state index is 0.0419. The number of benzene rings is 3. The molecule has 4 aliphatic rings. The van der Waals surface area contributed by atoms with Gasteiger partial charge in [-0.05, 0) is 142 Å². The molecule has 0 radical (unpaired) electrons. The zero-order valence-corrected chi connectivity index (χ0v) is 76.1. The first-order valence-corrected chi connectivity index (χ1v) is 45.6. The van der Waals surface area contributed by atoms with Crippen molar-refractivity contribution < 1.29 is 93.4 Å². The number of carboxylic acids is 1. The van der Waals surface area contributed by atoms with E-state index in [0.29, 0.717) is 82.0 Å². The number of amides is 3. The predicted octanol–water partition coefficient (Wildman–Crippen LogP) is -1.33. The third kappa shape index (κ3) is 49.6. The fraction of sp³-hybridized carbons (Fsp3) is 0.705. The zero-order chi connectivity index (χ0) is 91.3. The normalized spacial score (nSPS) is 20.3. The van der Waals surface area contributed by atoms with Crippen molar-refractivity contribution in [2.45, 2.75) is 170 Å². The van der Waals surface area contributed by atoms with E-state index in [1.807, 2.05) is 50.2 Å². The average Bonchev–Trinajstić information content (AvgIpc) is 1.47. The highest BCUT2D eigenvalue weighted by Crippen LogP contribution is 2.17. The lowest BCUT2D eigenvalue weighted by Crippen LogP contribution is -2.42. The van der Waals surface area contributed by atoms with Crippen molar-refractivity contribution in [3.05, 3.63) is 106 Å². The SMILES string of the molecule is C=S(=O)([O-])CCCN1CCN(C[C@H](C)O)CCN(C[C@H](C)O)CC1.CC(=O)C(CC(=O)O)NC(=O)c1ccc(CN2CCN(C[C@H](C)O)CCN(C[C@H](C)O)CC2)cc1.CC(=O)C(CO)NC(=O)c1ccc(CN2CCN(C[C@H](C)O)CCN(C[C@H](C)O)CC2)cc1.CC(=O)CNC(=O)c1ccc(CN2CCN(C[C@H](C)O)CCN(C[C@H](C)O)CC2)cc1. The van der Waals surface area contributed by atoms with Crippen LogP contribution in [0.1, 0.15) is 137 Å². The Bertz CT molecular complexity index is 3540. The zero-order valence-electron chi connectivity index (χ0n) is 75.3. The molecular weight excluding hydrogens is 1600 g/mol. The summed E-state index contributed by atoms with van der Waals surface area (Å²) < 4.78 is 22.4. The van der Waals surface area contributed by atoms with E-state index in [1.165, 1.54) is 20.8 Å². The summed E-state index contributed by atoms with van der Waals surface area (Å²) in [5.41, 5.74) is 4.56. The molecule has 3 amide bonds. The Morgan fingerprint density at radius 3 is 0.789 bits per heavy atom. The topological polar surface area (TPSA) is 437 Å². The summed E-state index contributed by atoms with van der Waals surface area (Å²) in [6.45, 7) is 46.4. The molecule has 35 heteroatoms. The maximum Gasteiger partial charge on any atom is 0.305 e. The number of hydrogen-bond acceptors (Lipinski definition) is 30. The molecule has 0 spiro atoms.